The summed E-state index contributed by atoms with van der Waals surface area (Å²) < 4.78 is 0. The second-order valence-corrected chi connectivity index (χ2v) is 5.41. The molecule has 0 aliphatic heterocycles. The van der Waals surface area contributed by atoms with Gasteiger partial charge in [0.2, 0.25) is 0 Å². The highest BCUT2D eigenvalue weighted by Crippen LogP contribution is 2.33. The van der Waals surface area contributed by atoms with E-state index in [1.807, 2.05) is 44.2 Å². The molecule has 1 unspecified atom stereocenters. The number of rotatable bonds is 5. The first-order valence-electron chi connectivity index (χ1n) is 6.64. The maximum atomic E-state index is 11.9. The Hall–Kier alpha value is -1.35. The lowest BCUT2D eigenvalue weighted by atomic mass is 9.77. The van der Waals surface area contributed by atoms with E-state index in [9.17, 15) is 9.90 Å². The van der Waals surface area contributed by atoms with Gasteiger partial charge in [0.15, 0.2) is 0 Å². The van der Waals surface area contributed by atoms with Gasteiger partial charge in [-0.05, 0) is 24.3 Å². The minimum atomic E-state index is -0.966. The molecule has 1 aliphatic rings. The van der Waals surface area contributed by atoms with Crippen LogP contribution in [-0.4, -0.2) is 17.1 Å². The Kier molecular flexibility index (Phi) is 3.71. The first kappa shape index (κ1) is 13.1. The van der Waals surface area contributed by atoms with Crippen molar-refractivity contribution >= 4 is 5.97 Å². The molecule has 0 bridgehead atoms. The molecule has 1 aliphatic carbocycles. The monoisotopic (exact) mass is 247 g/mol. The number of carbonyl (C=O) groups is 1. The number of aliphatic carboxylic acids is 1. The Balaban J connectivity index is 2.39. The second-order valence-electron chi connectivity index (χ2n) is 5.41. The molecule has 1 fully saturated rings. The van der Waals surface area contributed by atoms with Gasteiger partial charge in [-0.25, -0.2) is 4.79 Å². The zero-order valence-corrected chi connectivity index (χ0v) is 11.0. The van der Waals surface area contributed by atoms with E-state index in [1.54, 1.807) is 0 Å². The zero-order chi connectivity index (χ0) is 13.2. The van der Waals surface area contributed by atoms with Gasteiger partial charge in [-0.15, -0.1) is 0 Å². The van der Waals surface area contributed by atoms with Gasteiger partial charge in [0.05, 0.1) is 0 Å². The van der Waals surface area contributed by atoms with Crippen LogP contribution in [-0.2, 0) is 10.3 Å². The molecule has 1 aromatic rings. The van der Waals surface area contributed by atoms with Crippen LogP contribution in [0.5, 0.6) is 0 Å². The Labute approximate surface area is 108 Å². The molecule has 2 N–H and O–H groups in total. The van der Waals surface area contributed by atoms with E-state index in [-0.39, 0.29) is 5.92 Å². The first-order chi connectivity index (χ1) is 8.57. The van der Waals surface area contributed by atoms with Crippen molar-refractivity contribution in [3.63, 3.8) is 0 Å². The van der Waals surface area contributed by atoms with Gasteiger partial charge in [0.1, 0.15) is 5.54 Å². The molecule has 0 aromatic heterocycles. The molecular weight excluding hydrogens is 226 g/mol. The van der Waals surface area contributed by atoms with Crippen LogP contribution in [0.25, 0.3) is 0 Å². The summed E-state index contributed by atoms with van der Waals surface area (Å²) in [7, 11) is 0. The highest BCUT2D eigenvalue weighted by Gasteiger charge is 2.45. The van der Waals surface area contributed by atoms with Gasteiger partial charge in [-0.3, -0.25) is 5.32 Å². The van der Waals surface area contributed by atoms with Gasteiger partial charge in [-0.1, -0.05) is 50.6 Å². The molecule has 2 rings (SSSR count). The van der Waals surface area contributed by atoms with E-state index in [1.165, 1.54) is 6.42 Å². The van der Waals surface area contributed by atoms with Crippen molar-refractivity contribution in [3.8, 4) is 0 Å². The molecule has 0 heterocycles. The number of hydrogen-bond acceptors (Lipinski definition) is 2. The first-order valence-corrected chi connectivity index (χ1v) is 6.64. The fourth-order valence-corrected chi connectivity index (χ4v) is 2.59. The standard InChI is InChI=1S/C15H21NO2/c1-11(2)15(14(17)18,16-13-9-6-10-13)12-7-4-3-5-8-12/h3-5,7-8,11,13,16H,6,9-10H2,1-2H3,(H,17,18). The molecule has 1 saturated carbocycles. The van der Waals surface area contributed by atoms with Crippen LogP contribution >= 0.6 is 0 Å². The smallest absolute Gasteiger partial charge is 0.328 e. The highest BCUT2D eigenvalue weighted by atomic mass is 16.4. The van der Waals surface area contributed by atoms with Crippen molar-refractivity contribution in [2.24, 2.45) is 5.92 Å². The van der Waals surface area contributed by atoms with Crippen LogP contribution in [0.3, 0.4) is 0 Å². The Bertz CT molecular complexity index is 412. The third-order valence-corrected chi connectivity index (χ3v) is 3.97. The van der Waals surface area contributed by atoms with Gasteiger partial charge >= 0.3 is 5.97 Å². The lowest BCUT2D eigenvalue weighted by Gasteiger charge is -2.41. The third-order valence-electron chi connectivity index (χ3n) is 3.97. The van der Waals surface area contributed by atoms with Crippen molar-refractivity contribution in [2.45, 2.75) is 44.7 Å². The quantitative estimate of drug-likeness (QED) is 0.841. The van der Waals surface area contributed by atoms with E-state index in [2.05, 4.69) is 5.32 Å². The van der Waals surface area contributed by atoms with Crippen molar-refractivity contribution in [3.05, 3.63) is 35.9 Å². The lowest BCUT2D eigenvalue weighted by Crippen LogP contribution is -2.58. The average Bonchev–Trinajstić information content (AvgIpc) is 2.28. The summed E-state index contributed by atoms with van der Waals surface area (Å²) in [5.41, 5.74) is -0.119. The molecule has 0 amide bonds. The van der Waals surface area contributed by atoms with Gasteiger partial charge in [-0.2, -0.15) is 0 Å². The predicted octanol–water partition coefficient (Wildman–Crippen LogP) is 2.76. The number of benzene rings is 1. The summed E-state index contributed by atoms with van der Waals surface area (Å²) in [4.78, 5) is 11.9. The Morgan fingerprint density at radius 2 is 1.94 bits per heavy atom. The topological polar surface area (TPSA) is 49.3 Å². The minimum absolute atomic E-state index is 0.00185. The number of nitrogens with one attached hydrogen (secondary N) is 1. The summed E-state index contributed by atoms with van der Waals surface area (Å²) in [5.74, 6) is -0.784. The molecule has 0 spiro atoms. The normalized spacial score (nSPS) is 19.3. The van der Waals surface area contributed by atoms with E-state index >= 15 is 0 Å². The zero-order valence-electron chi connectivity index (χ0n) is 11.0. The number of carboxylic acids is 1. The Morgan fingerprint density at radius 3 is 2.33 bits per heavy atom. The van der Waals surface area contributed by atoms with E-state index in [4.69, 9.17) is 0 Å². The molecule has 1 aromatic carbocycles. The molecule has 18 heavy (non-hydrogen) atoms. The maximum Gasteiger partial charge on any atom is 0.328 e. The van der Waals surface area contributed by atoms with Crippen LogP contribution in [0.15, 0.2) is 30.3 Å². The van der Waals surface area contributed by atoms with Gasteiger partial charge < -0.3 is 5.11 Å². The van der Waals surface area contributed by atoms with Crippen LogP contribution in [0.4, 0.5) is 0 Å². The second kappa shape index (κ2) is 5.11. The molecule has 0 saturated heterocycles. The molecule has 1 atom stereocenters. The summed E-state index contributed by atoms with van der Waals surface area (Å²) >= 11 is 0. The van der Waals surface area contributed by atoms with Crippen molar-refractivity contribution in [2.75, 3.05) is 0 Å². The van der Waals surface area contributed by atoms with Crippen LogP contribution in [0.2, 0.25) is 0 Å². The molecule has 3 heteroatoms. The van der Waals surface area contributed by atoms with Gasteiger partial charge in [0, 0.05) is 6.04 Å². The van der Waals surface area contributed by atoms with Crippen molar-refractivity contribution in [1.82, 2.24) is 5.32 Å². The predicted molar refractivity (Wildman–Crippen MR) is 71.4 cm³/mol. The van der Waals surface area contributed by atoms with E-state index in [0.29, 0.717) is 6.04 Å². The van der Waals surface area contributed by atoms with E-state index in [0.717, 1.165) is 18.4 Å². The molecule has 98 valence electrons. The van der Waals surface area contributed by atoms with Crippen LogP contribution in [0, 0.1) is 5.92 Å². The van der Waals surface area contributed by atoms with Crippen LogP contribution in [0.1, 0.15) is 38.7 Å². The molecular formula is C15H21NO2. The summed E-state index contributed by atoms with van der Waals surface area (Å²) in [6.07, 6.45) is 3.35. The minimum Gasteiger partial charge on any atom is -0.480 e. The fourth-order valence-electron chi connectivity index (χ4n) is 2.59. The molecule has 0 radical (unpaired) electrons. The van der Waals surface area contributed by atoms with Crippen molar-refractivity contribution in [1.29, 1.82) is 0 Å². The summed E-state index contributed by atoms with van der Waals surface area (Å²) in [5, 5.41) is 13.1. The number of hydrogen-bond donors (Lipinski definition) is 2. The largest absolute Gasteiger partial charge is 0.480 e. The Morgan fingerprint density at radius 1 is 1.33 bits per heavy atom. The fraction of sp³-hybridized carbons (Fsp3) is 0.533. The maximum absolute atomic E-state index is 11.9. The third kappa shape index (κ3) is 2.15. The van der Waals surface area contributed by atoms with E-state index < -0.39 is 11.5 Å². The summed E-state index contributed by atoms with van der Waals surface area (Å²) in [6.45, 7) is 3.93. The van der Waals surface area contributed by atoms with Crippen molar-refractivity contribution < 1.29 is 9.90 Å². The lowest BCUT2D eigenvalue weighted by molar-refractivity contribution is -0.148. The van der Waals surface area contributed by atoms with Gasteiger partial charge in [0.25, 0.3) is 0 Å². The van der Waals surface area contributed by atoms with Crippen LogP contribution < -0.4 is 5.32 Å². The molecule has 3 nitrogen and oxygen atoms in total. The average molecular weight is 247 g/mol. The summed E-state index contributed by atoms with van der Waals surface area (Å²) in [6, 6.07) is 9.86. The SMILES string of the molecule is CC(C)C(NC1CCC1)(C(=O)O)c1ccccc1. The number of carboxylic acid groups (broad SMARTS) is 1. The highest BCUT2D eigenvalue weighted by molar-refractivity contribution is 5.81.